The Bertz CT molecular complexity index is 1180. The Morgan fingerprint density at radius 1 is 1.11 bits per heavy atom. The predicted octanol–water partition coefficient (Wildman–Crippen LogP) is 4.91. The summed E-state index contributed by atoms with van der Waals surface area (Å²) in [6, 6.07) is 12.8. The number of aliphatic hydroxyl groups is 1. The zero-order valence-corrected chi connectivity index (χ0v) is 20.8. The highest BCUT2D eigenvalue weighted by Gasteiger charge is 2.47. The second-order valence-corrected chi connectivity index (χ2v) is 10.9. The van der Waals surface area contributed by atoms with Crippen LogP contribution < -0.4 is 4.74 Å². The maximum atomic E-state index is 13.3. The summed E-state index contributed by atoms with van der Waals surface area (Å²) in [4.78, 5) is 28.1. The van der Waals surface area contributed by atoms with Gasteiger partial charge in [0.1, 0.15) is 17.6 Å². The van der Waals surface area contributed by atoms with Crippen molar-refractivity contribution in [2.45, 2.75) is 70.6 Å². The summed E-state index contributed by atoms with van der Waals surface area (Å²) in [5.74, 6) is -0.604. The molecule has 6 heteroatoms. The smallest absolute Gasteiger partial charge is 0.295 e. The van der Waals surface area contributed by atoms with Crippen LogP contribution in [0.15, 0.2) is 48.0 Å². The Morgan fingerprint density at radius 2 is 1.86 bits per heavy atom. The Hall–Kier alpha value is -3.12. The Kier molecular flexibility index (Phi) is 5.96. The number of carbonyl (C=O) groups excluding carboxylic acids is 2. The zero-order valence-electron chi connectivity index (χ0n) is 20.8. The molecule has 3 heterocycles. The van der Waals surface area contributed by atoms with Gasteiger partial charge in [-0.3, -0.25) is 9.59 Å². The van der Waals surface area contributed by atoms with Gasteiger partial charge in [0.15, 0.2) is 0 Å². The molecule has 3 aliphatic heterocycles. The molecule has 1 amide bonds. The van der Waals surface area contributed by atoms with Gasteiger partial charge in [0, 0.05) is 25.1 Å². The molecule has 0 saturated carbocycles. The number of aliphatic hydroxyl groups excluding tert-OH is 1. The highest BCUT2D eigenvalue weighted by atomic mass is 16.5. The fourth-order valence-corrected chi connectivity index (χ4v) is 5.31. The lowest BCUT2D eigenvalue weighted by molar-refractivity contribution is -0.140. The quantitative estimate of drug-likeness (QED) is 0.386. The Balaban J connectivity index is 1.59. The van der Waals surface area contributed by atoms with Crippen molar-refractivity contribution in [2.75, 3.05) is 13.2 Å². The van der Waals surface area contributed by atoms with Gasteiger partial charge in [-0.1, -0.05) is 45.0 Å². The van der Waals surface area contributed by atoms with Gasteiger partial charge in [0.05, 0.1) is 17.7 Å². The maximum absolute atomic E-state index is 13.3. The molecule has 0 unspecified atom stereocenters. The van der Waals surface area contributed by atoms with Crippen molar-refractivity contribution >= 4 is 17.4 Å². The number of nitrogens with zero attached hydrogens (tertiary/aromatic N) is 1. The average Bonchev–Trinajstić information content (AvgIpc) is 3.52. The van der Waals surface area contributed by atoms with Crippen LogP contribution in [0, 0.1) is 0 Å². The van der Waals surface area contributed by atoms with Crippen molar-refractivity contribution in [1.29, 1.82) is 0 Å². The van der Waals surface area contributed by atoms with Crippen LogP contribution in [0.4, 0.5) is 0 Å². The van der Waals surface area contributed by atoms with Gasteiger partial charge in [0.2, 0.25) is 0 Å². The van der Waals surface area contributed by atoms with Crippen LogP contribution in [-0.2, 0) is 26.2 Å². The minimum absolute atomic E-state index is 0.0261. The van der Waals surface area contributed by atoms with E-state index in [4.69, 9.17) is 9.47 Å². The third-order valence-electron chi connectivity index (χ3n) is 7.23. The molecule has 2 aromatic rings. The highest BCUT2D eigenvalue weighted by molar-refractivity contribution is 6.46. The molecule has 3 aliphatic rings. The van der Waals surface area contributed by atoms with Gasteiger partial charge < -0.3 is 19.5 Å². The van der Waals surface area contributed by atoms with E-state index in [1.807, 2.05) is 43.3 Å². The molecule has 0 aliphatic carbocycles. The molecule has 0 spiro atoms. The van der Waals surface area contributed by atoms with E-state index in [1.54, 1.807) is 11.0 Å². The van der Waals surface area contributed by atoms with Gasteiger partial charge >= 0.3 is 0 Å². The molecule has 5 rings (SSSR count). The molecule has 0 bridgehead atoms. The van der Waals surface area contributed by atoms with Crippen LogP contribution in [0.5, 0.6) is 5.75 Å². The van der Waals surface area contributed by atoms with Crippen molar-refractivity contribution in [3.8, 4) is 5.75 Å². The first-order valence-electron chi connectivity index (χ1n) is 12.4. The number of likely N-dealkylation sites (tertiary alicyclic amines) is 1. The summed E-state index contributed by atoms with van der Waals surface area (Å²) >= 11 is 0. The first kappa shape index (κ1) is 23.6. The Morgan fingerprint density at radius 3 is 2.51 bits per heavy atom. The van der Waals surface area contributed by atoms with Crippen molar-refractivity contribution in [3.05, 3.63) is 70.3 Å². The SMILES string of the molecule is C[C@@H]1Cc2cc(C(O)=C3C(=O)C(=O)N(C[C@H]4CCCO4)[C@H]3c3ccc(C(C)(C)C)cc3)ccc2O1. The molecule has 1 N–H and O–H groups in total. The standard InChI is InChI=1S/C29H33NO5/c1-17-14-20-15-19(9-12-23(20)35-17)26(31)24-25(18-7-10-21(11-8-18)29(2,3)4)30(28(33)27(24)32)16-22-6-5-13-34-22/h7-12,15,17,22,25,31H,5-6,13-14,16H2,1-4H3/t17-,22-,25+/m1/s1. The summed E-state index contributed by atoms with van der Waals surface area (Å²) in [5.41, 5.74) is 3.57. The van der Waals surface area contributed by atoms with E-state index in [0.29, 0.717) is 18.7 Å². The van der Waals surface area contributed by atoms with Gasteiger partial charge in [-0.25, -0.2) is 0 Å². The minimum atomic E-state index is -0.670. The molecule has 35 heavy (non-hydrogen) atoms. The molecule has 3 atom stereocenters. The number of benzene rings is 2. The van der Waals surface area contributed by atoms with Crippen LogP contribution in [0.3, 0.4) is 0 Å². The van der Waals surface area contributed by atoms with E-state index in [2.05, 4.69) is 20.8 Å². The summed E-state index contributed by atoms with van der Waals surface area (Å²) in [5, 5.41) is 11.4. The number of carbonyl (C=O) groups is 2. The molecule has 0 radical (unpaired) electrons. The third kappa shape index (κ3) is 4.36. The van der Waals surface area contributed by atoms with Gasteiger partial charge in [-0.05, 0) is 60.1 Å². The molecular formula is C29H33NO5. The monoisotopic (exact) mass is 475 g/mol. The molecule has 184 valence electrons. The molecule has 2 saturated heterocycles. The number of Topliss-reactive ketones (excluding diaryl/α,β-unsaturated/α-hetero) is 1. The van der Waals surface area contributed by atoms with Crippen molar-refractivity contribution in [1.82, 2.24) is 4.90 Å². The summed E-state index contributed by atoms with van der Waals surface area (Å²) in [7, 11) is 0. The van der Waals surface area contributed by atoms with Gasteiger partial charge in [0.25, 0.3) is 11.7 Å². The highest BCUT2D eigenvalue weighted by Crippen LogP contribution is 2.41. The number of fused-ring (bicyclic) bond motifs is 1. The predicted molar refractivity (Wildman–Crippen MR) is 133 cm³/mol. The van der Waals surface area contributed by atoms with Crippen LogP contribution in [-0.4, -0.2) is 47.1 Å². The van der Waals surface area contributed by atoms with E-state index in [9.17, 15) is 14.7 Å². The van der Waals surface area contributed by atoms with E-state index >= 15 is 0 Å². The van der Waals surface area contributed by atoms with E-state index < -0.39 is 17.7 Å². The first-order chi connectivity index (χ1) is 16.6. The summed E-state index contributed by atoms with van der Waals surface area (Å²) in [6.45, 7) is 9.41. The number of rotatable bonds is 4. The van der Waals surface area contributed by atoms with E-state index in [1.165, 1.54) is 0 Å². The number of hydrogen-bond acceptors (Lipinski definition) is 5. The summed E-state index contributed by atoms with van der Waals surface area (Å²) < 4.78 is 11.6. The lowest BCUT2D eigenvalue weighted by atomic mass is 9.85. The second-order valence-electron chi connectivity index (χ2n) is 10.9. The van der Waals surface area contributed by atoms with E-state index in [0.717, 1.165) is 41.7 Å². The zero-order chi connectivity index (χ0) is 24.9. The van der Waals surface area contributed by atoms with Crippen LogP contribution in [0.1, 0.15) is 68.8 Å². The van der Waals surface area contributed by atoms with Crippen LogP contribution >= 0.6 is 0 Å². The first-order valence-corrected chi connectivity index (χ1v) is 12.4. The fraction of sp³-hybridized carbons (Fsp3) is 0.448. The molecule has 2 aromatic carbocycles. The number of hydrogen-bond donors (Lipinski definition) is 1. The van der Waals surface area contributed by atoms with Gasteiger partial charge in [-0.2, -0.15) is 0 Å². The van der Waals surface area contributed by atoms with Crippen molar-refractivity contribution in [2.24, 2.45) is 0 Å². The molecule has 6 nitrogen and oxygen atoms in total. The topological polar surface area (TPSA) is 76.1 Å². The van der Waals surface area contributed by atoms with Crippen molar-refractivity contribution in [3.63, 3.8) is 0 Å². The average molecular weight is 476 g/mol. The van der Waals surface area contributed by atoms with Crippen LogP contribution in [0.25, 0.3) is 5.76 Å². The van der Waals surface area contributed by atoms with Crippen molar-refractivity contribution < 1.29 is 24.2 Å². The number of ether oxygens (including phenoxy) is 2. The number of amides is 1. The number of ketones is 1. The third-order valence-corrected chi connectivity index (χ3v) is 7.23. The molecule has 0 aromatic heterocycles. The molecular weight excluding hydrogens is 442 g/mol. The van der Waals surface area contributed by atoms with Gasteiger partial charge in [-0.15, -0.1) is 0 Å². The Labute approximate surface area is 206 Å². The lowest BCUT2D eigenvalue weighted by Gasteiger charge is -2.28. The van der Waals surface area contributed by atoms with Crippen LogP contribution in [0.2, 0.25) is 0 Å². The maximum Gasteiger partial charge on any atom is 0.295 e. The minimum Gasteiger partial charge on any atom is -0.507 e. The van der Waals surface area contributed by atoms with E-state index in [-0.39, 0.29) is 29.0 Å². The lowest BCUT2D eigenvalue weighted by Crippen LogP contribution is -2.36. The summed E-state index contributed by atoms with van der Waals surface area (Å²) in [6.07, 6.45) is 2.49. The largest absolute Gasteiger partial charge is 0.507 e. The normalized spacial score (nSPS) is 25.7. The molecule has 2 fully saturated rings. The fourth-order valence-electron chi connectivity index (χ4n) is 5.31. The second kappa shape index (κ2) is 8.83.